The number of fused-ring (bicyclic) bond motifs is 3. The highest BCUT2D eigenvalue weighted by atomic mass is 16.2. The van der Waals surface area contributed by atoms with E-state index in [-0.39, 0.29) is 18.2 Å². The van der Waals surface area contributed by atoms with Gasteiger partial charge in [0.25, 0.3) is 0 Å². The second-order valence-corrected chi connectivity index (χ2v) is 7.85. The minimum Gasteiger partial charge on any atom is -0.326 e. The predicted octanol–water partition coefficient (Wildman–Crippen LogP) is 4.39. The first-order valence-electron chi connectivity index (χ1n) is 10.8. The maximum Gasteiger partial charge on any atom is 0.234 e. The van der Waals surface area contributed by atoms with E-state index in [2.05, 4.69) is 23.7 Å². The number of aromatic nitrogens is 2. The van der Waals surface area contributed by atoms with Crippen molar-refractivity contribution in [2.75, 3.05) is 16.8 Å². The topological polar surface area (TPSA) is 67.2 Å². The molecule has 0 unspecified atom stereocenters. The molecule has 6 heteroatoms. The van der Waals surface area contributed by atoms with E-state index in [0.717, 1.165) is 36.0 Å². The van der Waals surface area contributed by atoms with E-state index in [4.69, 9.17) is 4.98 Å². The Balaban J connectivity index is 1.55. The Morgan fingerprint density at radius 1 is 1.13 bits per heavy atom. The van der Waals surface area contributed by atoms with Crippen LogP contribution in [0.2, 0.25) is 0 Å². The highest BCUT2D eigenvalue weighted by Gasteiger charge is 2.36. The number of amides is 2. The molecule has 0 aliphatic carbocycles. The number of anilines is 2. The van der Waals surface area contributed by atoms with Crippen LogP contribution in [0.15, 0.2) is 48.5 Å². The standard InChI is InChI=1S/C24H28N4O2/c1-3-5-14-27-23(30)18(15-22(29)25-19-12-10-17(4-2)11-13-19)16-28-21-9-7-6-8-20(21)26-24(27)28/h6-13,18H,3-5,14-16H2,1-2H3,(H,25,29)/t18-/m1/s1. The number of nitrogens with zero attached hydrogens (tertiary/aromatic N) is 3. The summed E-state index contributed by atoms with van der Waals surface area (Å²) < 4.78 is 2.08. The molecule has 156 valence electrons. The summed E-state index contributed by atoms with van der Waals surface area (Å²) in [6.45, 7) is 5.29. The third-order valence-electron chi connectivity index (χ3n) is 5.71. The van der Waals surface area contributed by atoms with Gasteiger partial charge in [-0.1, -0.05) is 44.5 Å². The average Bonchev–Trinajstić information content (AvgIpc) is 3.12. The second kappa shape index (κ2) is 8.69. The van der Waals surface area contributed by atoms with Gasteiger partial charge in [-0.15, -0.1) is 0 Å². The van der Waals surface area contributed by atoms with E-state index in [1.54, 1.807) is 4.90 Å². The molecule has 2 aromatic carbocycles. The molecule has 1 aliphatic rings. The van der Waals surface area contributed by atoms with Gasteiger partial charge in [-0.05, 0) is 42.7 Å². The molecule has 1 atom stereocenters. The van der Waals surface area contributed by atoms with Crippen molar-refractivity contribution in [3.8, 4) is 0 Å². The van der Waals surface area contributed by atoms with Crippen molar-refractivity contribution in [3.05, 3.63) is 54.1 Å². The smallest absolute Gasteiger partial charge is 0.234 e. The van der Waals surface area contributed by atoms with Crippen molar-refractivity contribution in [1.29, 1.82) is 0 Å². The Labute approximate surface area is 176 Å². The Morgan fingerprint density at radius 2 is 1.90 bits per heavy atom. The van der Waals surface area contributed by atoms with E-state index in [1.165, 1.54) is 5.56 Å². The quantitative estimate of drug-likeness (QED) is 0.635. The zero-order valence-electron chi connectivity index (χ0n) is 17.6. The average molecular weight is 405 g/mol. The third-order valence-corrected chi connectivity index (χ3v) is 5.71. The lowest BCUT2D eigenvalue weighted by molar-refractivity contribution is -0.127. The van der Waals surface area contributed by atoms with Crippen LogP contribution in [0.5, 0.6) is 0 Å². The Hall–Kier alpha value is -3.15. The molecule has 2 amide bonds. The van der Waals surface area contributed by atoms with Crippen LogP contribution < -0.4 is 10.2 Å². The zero-order valence-corrected chi connectivity index (χ0v) is 17.6. The summed E-state index contributed by atoms with van der Waals surface area (Å²) in [5, 5.41) is 2.94. The van der Waals surface area contributed by atoms with Gasteiger partial charge in [0.15, 0.2) is 0 Å². The molecule has 4 rings (SSSR count). The number of hydrogen-bond acceptors (Lipinski definition) is 3. The van der Waals surface area contributed by atoms with Crippen molar-refractivity contribution in [2.24, 2.45) is 5.92 Å². The van der Waals surface area contributed by atoms with E-state index < -0.39 is 5.92 Å². The van der Waals surface area contributed by atoms with Crippen LogP contribution >= 0.6 is 0 Å². The molecule has 30 heavy (non-hydrogen) atoms. The van der Waals surface area contributed by atoms with Crippen LogP contribution in [0.25, 0.3) is 11.0 Å². The molecule has 1 aromatic heterocycles. The minimum absolute atomic E-state index is 0.0114. The number of para-hydroxylation sites is 2. The van der Waals surface area contributed by atoms with Crippen molar-refractivity contribution < 1.29 is 9.59 Å². The van der Waals surface area contributed by atoms with Crippen molar-refractivity contribution in [1.82, 2.24) is 9.55 Å². The lowest BCUT2D eigenvalue weighted by Gasteiger charge is -2.32. The third kappa shape index (κ3) is 3.95. The van der Waals surface area contributed by atoms with Crippen molar-refractivity contribution >= 4 is 34.5 Å². The molecule has 2 heterocycles. The van der Waals surface area contributed by atoms with Gasteiger partial charge >= 0.3 is 0 Å². The molecular weight excluding hydrogens is 376 g/mol. The number of imidazole rings is 1. The Bertz CT molecular complexity index is 1050. The monoisotopic (exact) mass is 404 g/mol. The van der Waals surface area contributed by atoms with Gasteiger partial charge in [-0.25, -0.2) is 4.98 Å². The summed E-state index contributed by atoms with van der Waals surface area (Å²) in [5.74, 6) is 0.145. The van der Waals surface area contributed by atoms with Crippen molar-refractivity contribution in [2.45, 2.75) is 46.1 Å². The van der Waals surface area contributed by atoms with Gasteiger partial charge in [0, 0.05) is 25.2 Å². The molecule has 0 fully saturated rings. The fourth-order valence-corrected chi connectivity index (χ4v) is 4.00. The number of benzene rings is 2. The Morgan fingerprint density at radius 3 is 2.63 bits per heavy atom. The molecule has 0 saturated carbocycles. The summed E-state index contributed by atoms with van der Waals surface area (Å²) in [4.78, 5) is 32.4. The summed E-state index contributed by atoms with van der Waals surface area (Å²) in [6, 6.07) is 15.8. The lowest BCUT2D eigenvalue weighted by atomic mass is 10.0. The van der Waals surface area contributed by atoms with Gasteiger partial charge < -0.3 is 9.88 Å². The van der Waals surface area contributed by atoms with Gasteiger partial charge in [-0.2, -0.15) is 0 Å². The molecule has 3 aromatic rings. The largest absolute Gasteiger partial charge is 0.326 e. The van der Waals surface area contributed by atoms with Crippen LogP contribution in [0, 0.1) is 5.92 Å². The summed E-state index contributed by atoms with van der Waals surface area (Å²) >= 11 is 0. The first kappa shape index (κ1) is 20.1. The van der Waals surface area contributed by atoms with Crippen LogP contribution in [0.4, 0.5) is 11.6 Å². The normalized spacial score (nSPS) is 16.0. The SMILES string of the molecule is CCCCN1C(=O)[C@H](CC(=O)Nc2ccc(CC)cc2)Cn2c1nc1ccccc12. The number of rotatable bonds is 7. The molecular formula is C24H28N4O2. The Kier molecular flexibility index (Phi) is 5.84. The van der Waals surface area contributed by atoms with Crippen molar-refractivity contribution in [3.63, 3.8) is 0 Å². The number of carbonyl (C=O) groups is 2. The number of carbonyl (C=O) groups excluding carboxylic acids is 2. The number of unbranched alkanes of at least 4 members (excludes halogenated alkanes) is 1. The maximum atomic E-state index is 13.2. The summed E-state index contributed by atoms with van der Waals surface area (Å²) in [6.07, 6.45) is 3.00. The first-order valence-corrected chi connectivity index (χ1v) is 10.8. The highest BCUT2D eigenvalue weighted by Crippen LogP contribution is 2.31. The molecule has 0 radical (unpaired) electrons. The maximum absolute atomic E-state index is 13.2. The van der Waals surface area contributed by atoms with Gasteiger partial charge in [0.1, 0.15) is 0 Å². The van der Waals surface area contributed by atoms with E-state index in [1.807, 2.05) is 48.5 Å². The fourth-order valence-electron chi connectivity index (χ4n) is 4.00. The van der Waals surface area contributed by atoms with Crippen LogP contribution in [-0.2, 0) is 22.6 Å². The molecule has 0 bridgehead atoms. The minimum atomic E-state index is -0.401. The second-order valence-electron chi connectivity index (χ2n) is 7.85. The highest BCUT2D eigenvalue weighted by molar-refractivity contribution is 6.01. The molecule has 1 aliphatic heterocycles. The zero-order chi connectivity index (χ0) is 21.1. The van der Waals surface area contributed by atoms with Crippen LogP contribution in [-0.4, -0.2) is 27.9 Å². The van der Waals surface area contributed by atoms with Crippen LogP contribution in [0.3, 0.4) is 0 Å². The molecule has 6 nitrogen and oxygen atoms in total. The first-order chi connectivity index (χ1) is 14.6. The molecule has 1 N–H and O–H groups in total. The van der Waals surface area contributed by atoms with E-state index in [0.29, 0.717) is 19.0 Å². The number of hydrogen-bond donors (Lipinski definition) is 1. The fraction of sp³-hybridized carbons (Fsp3) is 0.375. The van der Waals surface area contributed by atoms with Gasteiger partial charge in [-0.3, -0.25) is 14.5 Å². The molecule has 0 saturated heterocycles. The van der Waals surface area contributed by atoms with E-state index in [9.17, 15) is 9.59 Å². The lowest BCUT2D eigenvalue weighted by Crippen LogP contribution is -2.45. The summed E-state index contributed by atoms with van der Waals surface area (Å²) in [5.41, 5.74) is 3.86. The van der Waals surface area contributed by atoms with Gasteiger partial charge in [0.05, 0.1) is 17.0 Å². The number of nitrogens with one attached hydrogen (secondary N) is 1. The predicted molar refractivity (Wildman–Crippen MR) is 120 cm³/mol. The molecule has 0 spiro atoms. The number of aryl methyl sites for hydroxylation is 1. The van der Waals surface area contributed by atoms with E-state index >= 15 is 0 Å². The summed E-state index contributed by atoms with van der Waals surface area (Å²) in [7, 11) is 0. The van der Waals surface area contributed by atoms with Crippen LogP contribution in [0.1, 0.15) is 38.7 Å². The van der Waals surface area contributed by atoms with Gasteiger partial charge in [0.2, 0.25) is 17.8 Å².